The third kappa shape index (κ3) is 3.97. The van der Waals surface area contributed by atoms with Gasteiger partial charge in [-0.05, 0) is 36.6 Å². The molecule has 1 aliphatic heterocycles. The number of hydrogen-bond donors (Lipinski definition) is 1. The Morgan fingerprint density at radius 3 is 2.93 bits per heavy atom. The first-order chi connectivity index (χ1) is 13.1. The van der Waals surface area contributed by atoms with Crippen LogP contribution in [0.1, 0.15) is 29.4 Å². The second kappa shape index (κ2) is 7.18. The number of nitrogens with zero attached hydrogens (tertiary/aromatic N) is 5. The predicted octanol–water partition coefficient (Wildman–Crippen LogP) is 2.78. The summed E-state index contributed by atoms with van der Waals surface area (Å²) in [5.74, 6) is 0.122. The van der Waals surface area contributed by atoms with Crippen molar-refractivity contribution >= 4 is 12.0 Å². The molecule has 8 nitrogen and oxygen atoms in total. The van der Waals surface area contributed by atoms with E-state index in [1.54, 1.807) is 17.0 Å². The van der Waals surface area contributed by atoms with Gasteiger partial charge in [0.25, 0.3) is 0 Å². The molecule has 2 amide bonds. The minimum atomic E-state index is -0.297. The number of rotatable bonds is 4. The van der Waals surface area contributed by atoms with Crippen molar-refractivity contribution in [2.45, 2.75) is 25.8 Å². The monoisotopic (exact) mass is 370 g/mol. The largest absolute Gasteiger partial charge is 0.329 e. The van der Waals surface area contributed by atoms with Crippen molar-refractivity contribution in [3.63, 3.8) is 0 Å². The lowest BCUT2D eigenvalue weighted by molar-refractivity contribution is 0.219. The Morgan fingerprint density at radius 1 is 1.37 bits per heavy atom. The summed E-state index contributed by atoms with van der Waals surface area (Å²) in [6.07, 6.45) is 5.02. The van der Waals surface area contributed by atoms with Crippen LogP contribution in [-0.2, 0) is 6.42 Å². The fourth-order valence-corrected chi connectivity index (χ4v) is 3.11. The summed E-state index contributed by atoms with van der Waals surface area (Å²) in [5, 5.41) is 10.8. The standard InChI is InChI=1S/C18H19FN6O2/c1-12-9-20-25(10-12)15-6-7-24(11-15)18(26)22-17-21-16(23-27-17)8-13-2-4-14(19)5-3-13/h2-5,9-10,15H,6-8,11H2,1H3,(H,21,22,23,26). The predicted molar refractivity (Wildman–Crippen MR) is 94.7 cm³/mol. The van der Waals surface area contributed by atoms with Gasteiger partial charge in [-0.2, -0.15) is 10.1 Å². The van der Waals surface area contributed by atoms with Gasteiger partial charge in [-0.15, -0.1) is 0 Å². The fraction of sp³-hybridized carbons (Fsp3) is 0.333. The number of carbonyl (C=O) groups excluding carboxylic acids is 1. The number of likely N-dealkylation sites (tertiary alicyclic amines) is 1. The van der Waals surface area contributed by atoms with Crippen LogP contribution in [0.3, 0.4) is 0 Å². The highest BCUT2D eigenvalue weighted by Crippen LogP contribution is 2.22. The van der Waals surface area contributed by atoms with E-state index in [1.165, 1.54) is 12.1 Å². The van der Waals surface area contributed by atoms with Gasteiger partial charge in [-0.1, -0.05) is 17.3 Å². The van der Waals surface area contributed by atoms with Crippen LogP contribution in [0.5, 0.6) is 0 Å². The molecule has 0 saturated carbocycles. The molecule has 140 valence electrons. The minimum Gasteiger partial charge on any atom is -0.322 e. The first kappa shape index (κ1) is 17.2. The van der Waals surface area contributed by atoms with Crippen LogP contribution >= 0.6 is 0 Å². The number of urea groups is 1. The van der Waals surface area contributed by atoms with Crippen molar-refractivity contribution in [3.05, 3.63) is 59.4 Å². The Morgan fingerprint density at radius 2 is 2.19 bits per heavy atom. The van der Waals surface area contributed by atoms with E-state index in [1.807, 2.05) is 24.0 Å². The fourth-order valence-electron chi connectivity index (χ4n) is 3.11. The lowest BCUT2D eigenvalue weighted by Gasteiger charge is -2.15. The molecule has 2 aromatic heterocycles. The van der Waals surface area contributed by atoms with Gasteiger partial charge in [-0.25, -0.2) is 9.18 Å². The normalized spacial score (nSPS) is 16.7. The van der Waals surface area contributed by atoms with E-state index in [0.29, 0.717) is 25.3 Å². The smallest absolute Gasteiger partial charge is 0.322 e. The summed E-state index contributed by atoms with van der Waals surface area (Å²) in [5.41, 5.74) is 1.95. The van der Waals surface area contributed by atoms with Gasteiger partial charge in [0, 0.05) is 25.7 Å². The van der Waals surface area contributed by atoms with Crippen LogP contribution < -0.4 is 5.32 Å². The van der Waals surface area contributed by atoms with Gasteiger partial charge in [0.05, 0.1) is 12.2 Å². The molecular weight excluding hydrogens is 351 g/mol. The maximum absolute atomic E-state index is 13.0. The zero-order valence-electron chi connectivity index (χ0n) is 14.8. The number of carbonyl (C=O) groups is 1. The summed E-state index contributed by atoms with van der Waals surface area (Å²) in [7, 11) is 0. The van der Waals surface area contributed by atoms with Gasteiger partial charge in [0.1, 0.15) is 5.82 Å². The molecule has 0 bridgehead atoms. The molecule has 9 heteroatoms. The summed E-state index contributed by atoms with van der Waals surface area (Å²) in [6.45, 7) is 3.19. The average molecular weight is 370 g/mol. The summed E-state index contributed by atoms with van der Waals surface area (Å²) < 4.78 is 19.9. The first-order valence-electron chi connectivity index (χ1n) is 8.70. The van der Waals surface area contributed by atoms with Gasteiger partial charge in [-0.3, -0.25) is 10.00 Å². The molecule has 0 radical (unpaired) electrons. The Kier molecular flexibility index (Phi) is 4.57. The molecule has 1 unspecified atom stereocenters. The van der Waals surface area contributed by atoms with Gasteiger partial charge in [0.15, 0.2) is 5.82 Å². The zero-order valence-corrected chi connectivity index (χ0v) is 14.8. The Labute approximate surface area is 155 Å². The molecule has 1 saturated heterocycles. The highest BCUT2D eigenvalue weighted by Gasteiger charge is 2.28. The number of anilines is 1. The molecule has 3 heterocycles. The van der Waals surface area contributed by atoms with Crippen molar-refractivity contribution < 1.29 is 13.7 Å². The quantitative estimate of drug-likeness (QED) is 0.763. The average Bonchev–Trinajstić information content (AvgIpc) is 3.38. The molecule has 0 aliphatic carbocycles. The van der Waals surface area contributed by atoms with Crippen LogP contribution in [0.2, 0.25) is 0 Å². The van der Waals surface area contributed by atoms with E-state index in [4.69, 9.17) is 4.52 Å². The van der Waals surface area contributed by atoms with Crippen molar-refractivity contribution in [1.29, 1.82) is 0 Å². The molecule has 1 aliphatic rings. The second-order valence-corrected chi connectivity index (χ2v) is 6.64. The lowest BCUT2D eigenvalue weighted by atomic mass is 10.1. The molecule has 27 heavy (non-hydrogen) atoms. The first-order valence-corrected chi connectivity index (χ1v) is 8.70. The summed E-state index contributed by atoms with van der Waals surface area (Å²) >= 11 is 0. The zero-order chi connectivity index (χ0) is 18.8. The van der Waals surface area contributed by atoms with Gasteiger partial charge in [0.2, 0.25) is 0 Å². The lowest BCUT2D eigenvalue weighted by Crippen LogP contribution is -2.33. The van der Waals surface area contributed by atoms with E-state index in [2.05, 4.69) is 20.6 Å². The topological polar surface area (TPSA) is 89.1 Å². The van der Waals surface area contributed by atoms with Gasteiger partial charge < -0.3 is 9.42 Å². The van der Waals surface area contributed by atoms with Crippen molar-refractivity contribution in [2.24, 2.45) is 0 Å². The Balaban J connectivity index is 1.33. The summed E-state index contributed by atoms with van der Waals surface area (Å²) in [4.78, 5) is 18.3. The molecule has 1 N–H and O–H groups in total. The Hall–Kier alpha value is -3.23. The van der Waals surface area contributed by atoms with E-state index >= 15 is 0 Å². The van der Waals surface area contributed by atoms with E-state index in [0.717, 1.165) is 17.5 Å². The Bertz CT molecular complexity index is 935. The number of nitrogens with one attached hydrogen (secondary N) is 1. The van der Waals surface area contributed by atoms with Crippen LogP contribution in [-0.4, -0.2) is 43.9 Å². The van der Waals surface area contributed by atoms with E-state index < -0.39 is 0 Å². The molecule has 4 rings (SSSR count). The highest BCUT2D eigenvalue weighted by molar-refractivity contribution is 5.87. The minimum absolute atomic E-state index is 0.0514. The van der Waals surface area contributed by atoms with Crippen LogP contribution in [0.25, 0.3) is 0 Å². The molecular formula is C18H19FN6O2. The maximum atomic E-state index is 13.0. The number of amides is 2. The van der Waals surface area contributed by atoms with E-state index in [-0.39, 0.29) is 23.9 Å². The van der Waals surface area contributed by atoms with Crippen LogP contribution in [0, 0.1) is 12.7 Å². The molecule has 1 atom stereocenters. The van der Waals surface area contributed by atoms with Crippen molar-refractivity contribution in [2.75, 3.05) is 18.4 Å². The number of benzene rings is 1. The maximum Gasteiger partial charge on any atom is 0.329 e. The molecule has 1 fully saturated rings. The van der Waals surface area contributed by atoms with E-state index in [9.17, 15) is 9.18 Å². The molecule has 3 aromatic rings. The van der Waals surface area contributed by atoms with Crippen LogP contribution in [0.4, 0.5) is 15.2 Å². The molecule has 0 spiro atoms. The van der Waals surface area contributed by atoms with Crippen molar-refractivity contribution in [3.8, 4) is 0 Å². The second-order valence-electron chi connectivity index (χ2n) is 6.64. The number of aryl methyl sites for hydroxylation is 1. The third-order valence-corrected chi connectivity index (χ3v) is 4.51. The van der Waals surface area contributed by atoms with Gasteiger partial charge >= 0.3 is 12.0 Å². The van der Waals surface area contributed by atoms with Crippen molar-refractivity contribution in [1.82, 2.24) is 24.8 Å². The highest BCUT2D eigenvalue weighted by atomic mass is 19.1. The summed E-state index contributed by atoms with van der Waals surface area (Å²) in [6, 6.07) is 6.01. The molecule has 1 aromatic carbocycles. The number of aromatic nitrogens is 4. The number of hydrogen-bond acceptors (Lipinski definition) is 5. The third-order valence-electron chi connectivity index (χ3n) is 4.51. The SMILES string of the molecule is Cc1cnn(C2CCN(C(=O)Nc3nc(Cc4ccc(F)cc4)no3)C2)c1. The van der Waals surface area contributed by atoms with Crippen LogP contribution in [0.15, 0.2) is 41.2 Å². The number of halogens is 1.